The molecular formula is C10H19BrN2O. The molecule has 1 unspecified atom stereocenters. The molecule has 0 saturated carbocycles. The molecule has 1 fully saturated rings. The molecule has 0 spiro atoms. The lowest BCUT2D eigenvalue weighted by Crippen LogP contribution is -2.53. The molecule has 0 aliphatic carbocycles. The van der Waals surface area contributed by atoms with Crippen LogP contribution in [-0.4, -0.2) is 53.8 Å². The summed E-state index contributed by atoms with van der Waals surface area (Å²) in [6, 6.07) is 0.544. The molecular weight excluding hydrogens is 244 g/mol. The molecule has 0 N–H and O–H groups in total. The smallest absolute Gasteiger partial charge is 0.223 e. The zero-order chi connectivity index (χ0) is 10.6. The predicted molar refractivity (Wildman–Crippen MR) is 61.7 cm³/mol. The second kappa shape index (κ2) is 5.71. The van der Waals surface area contributed by atoms with Gasteiger partial charge in [0.2, 0.25) is 5.91 Å². The van der Waals surface area contributed by atoms with Crippen molar-refractivity contribution in [3.8, 4) is 0 Å². The van der Waals surface area contributed by atoms with Crippen molar-refractivity contribution in [2.45, 2.75) is 25.8 Å². The van der Waals surface area contributed by atoms with Crippen molar-refractivity contribution in [3.63, 3.8) is 0 Å². The number of rotatable bonds is 3. The lowest BCUT2D eigenvalue weighted by molar-refractivity contribution is -0.133. The maximum atomic E-state index is 11.6. The van der Waals surface area contributed by atoms with Gasteiger partial charge in [0.05, 0.1) is 0 Å². The molecule has 0 aromatic heterocycles. The number of amides is 1. The molecule has 1 amide bonds. The van der Waals surface area contributed by atoms with E-state index < -0.39 is 0 Å². The summed E-state index contributed by atoms with van der Waals surface area (Å²) in [6.45, 7) is 4.98. The quantitative estimate of drug-likeness (QED) is 0.717. The Morgan fingerprint density at radius 3 is 2.79 bits per heavy atom. The maximum Gasteiger partial charge on any atom is 0.223 e. The number of likely N-dealkylation sites (N-methyl/N-ethyl adjacent to an activating group) is 1. The van der Waals surface area contributed by atoms with Crippen LogP contribution in [0, 0.1) is 0 Å². The Morgan fingerprint density at radius 1 is 1.50 bits per heavy atom. The third-order valence-corrected chi connectivity index (χ3v) is 3.31. The molecule has 0 aromatic carbocycles. The van der Waals surface area contributed by atoms with E-state index in [4.69, 9.17) is 0 Å². The first-order valence-corrected chi connectivity index (χ1v) is 6.35. The second-order valence-electron chi connectivity index (χ2n) is 3.82. The van der Waals surface area contributed by atoms with E-state index in [0.29, 0.717) is 12.5 Å². The summed E-state index contributed by atoms with van der Waals surface area (Å²) >= 11 is 3.30. The van der Waals surface area contributed by atoms with Gasteiger partial charge in [0, 0.05) is 37.4 Å². The first kappa shape index (κ1) is 12.0. The SMILES string of the molecule is CCC1CN(C(=O)CCBr)CCN1C. The van der Waals surface area contributed by atoms with Gasteiger partial charge >= 0.3 is 0 Å². The van der Waals surface area contributed by atoms with Crippen molar-refractivity contribution in [1.29, 1.82) is 0 Å². The van der Waals surface area contributed by atoms with Gasteiger partial charge in [0.1, 0.15) is 0 Å². The Hall–Kier alpha value is -0.0900. The van der Waals surface area contributed by atoms with E-state index in [-0.39, 0.29) is 5.91 Å². The number of hydrogen-bond donors (Lipinski definition) is 0. The van der Waals surface area contributed by atoms with E-state index in [9.17, 15) is 4.79 Å². The van der Waals surface area contributed by atoms with Crippen LogP contribution in [0.1, 0.15) is 19.8 Å². The van der Waals surface area contributed by atoms with E-state index in [1.54, 1.807) is 0 Å². The molecule has 82 valence electrons. The van der Waals surface area contributed by atoms with E-state index >= 15 is 0 Å². The third-order valence-electron chi connectivity index (χ3n) is 2.91. The number of hydrogen-bond acceptors (Lipinski definition) is 2. The van der Waals surface area contributed by atoms with Gasteiger partial charge in [0.15, 0.2) is 0 Å². The van der Waals surface area contributed by atoms with Crippen LogP contribution >= 0.6 is 15.9 Å². The van der Waals surface area contributed by atoms with Crippen LogP contribution in [0.15, 0.2) is 0 Å². The lowest BCUT2D eigenvalue weighted by Gasteiger charge is -2.39. The minimum absolute atomic E-state index is 0.286. The fourth-order valence-electron chi connectivity index (χ4n) is 1.85. The van der Waals surface area contributed by atoms with Crippen molar-refractivity contribution in [2.24, 2.45) is 0 Å². The second-order valence-corrected chi connectivity index (χ2v) is 4.61. The van der Waals surface area contributed by atoms with Crippen LogP contribution < -0.4 is 0 Å². The largest absolute Gasteiger partial charge is 0.340 e. The third kappa shape index (κ3) is 2.95. The standard InChI is InChI=1S/C10H19BrN2O/c1-3-9-8-13(7-6-12(9)2)10(14)4-5-11/h9H,3-8H2,1-2H3. The highest BCUT2D eigenvalue weighted by Gasteiger charge is 2.25. The van der Waals surface area contributed by atoms with Crippen molar-refractivity contribution in [1.82, 2.24) is 9.80 Å². The summed E-state index contributed by atoms with van der Waals surface area (Å²) in [7, 11) is 2.14. The van der Waals surface area contributed by atoms with Gasteiger partial charge < -0.3 is 4.90 Å². The summed E-state index contributed by atoms with van der Waals surface area (Å²) < 4.78 is 0. The zero-order valence-corrected chi connectivity index (χ0v) is 10.6. The van der Waals surface area contributed by atoms with Crippen LogP contribution in [0.2, 0.25) is 0 Å². The minimum Gasteiger partial charge on any atom is -0.340 e. The Labute approximate surface area is 94.6 Å². The highest BCUT2D eigenvalue weighted by Crippen LogP contribution is 2.11. The summed E-state index contributed by atoms with van der Waals surface area (Å²) in [5.41, 5.74) is 0. The molecule has 14 heavy (non-hydrogen) atoms. The number of halogens is 1. The highest BCUT2D eigenvalue weighted by atomic mass is 79.9. The number of alkyl halides is 1. The number of piperazine rings is 1. The first-order valence-electron chi connectivity index (χ1n) is 5.23. The molecule has 3 nitrogen and oxygen atoms in total. The molecule has 1 atom stereocenters. The van der Waals surface area contributed by atoms with Gasteiger partial charge in [-0.05, 0) is 13.5 Å². The Morgan fingerprint density at radius 2 is 2.21 bits per heavy atom. The van der Waals surface area contributed by atoms with Crippen LogP contribution in [0.4, 0.5) is 0 Å². The Kier molecular flexibility index (Phi) is 4.89. The summed E-state index contributed by atoms with van der Waals surface area (Å²) in [4.78, 5) is 16.0. The topological polar surface area (TPSA) is 23.6 Å². The van der Waals surface area contributed by atoms with Gasteiger partial charge in [-0.2, -0.15) is 0 Å². The first-order chi connectivity index (χ1) is 6.69. The molecule has 1 aliphatic heterocycles. The average molecular weight is 263 g/mol. The van der Waals surface area contributed by atoms with Crippen molar-refractivity contribution in [3.05, 3.63) is 0 Å². The average Bonchev–Trinajstić information content (AvgIpc) is 2.19. The molecule has 0 aromatic rings. The van der Waals surface area contributed by atoms with E-state index in [2.05, 4.69) is 34.8 Å². The van der Waals surface area contributed by atoms with E-state index in [1.807, 2.05) is 4.90 Å². The van der Waals surface area contributed by atoms with Gasteiger partial charge in [-0.1, -0.05) is 22.9 Å². The van der Waals surface area contributed by atoms with Crippen molar-refractivity contribution < 1.29 is 4.79 Å². The molecule has 1 saturated heterocycles. The zero-order valence-electron chi connectivity index (χ0n) is 9.00. The van der Waals surface area contributed by atoms with Crippen molar-refractivity contribution >= 4 is 21.8 Å². The Balaban J connectivity index is 2.45. The normalized spacial score (nSPS) is 23.9. The van der Waals surface area contributed by atoms with Gasteiger partial charge in [-0.25, -0.2) is 0 Å². The van der Waals surface area contributed by atoms with Gasteiger partial charge in [-0.15, -0.1) is 0 Å². The monoisotopic (exact) mass is 262 g/mol. The fourth-order valence-corrected chi connectivity index (χ4v) is 2.19. The minimum atomic E-state index is 0.286. The fraction of sp³-hybridized carbons (Fsp3) is 0.900. The van der Waals surface area contributed by atoms with Crippen LogP contribution in [0.25, 0.3) is 0 Å². The molecule has 1 heterocycles. The number of carbonyl (C=O) groups is 1. The van der Waals surface area contributed by atoms with Crippen LogP contribution in [-0.2, 0) is 4.79 Å². The predicted octanol–water partition coefficient (Wildman–Crippen LogP) is 1.32. The van der Waals surface area contributed by atoms with E-state index in [1.165, 1.54) is 0 Å². The highest BCUT2D eigenvalue weighted by molar-refractivity contribution is 9.09. The molecule has 0 radical (unpaired) electrons. The summed E-state index contributed by atoms with van der Waals surface area (Å²) in [5, 5.41) is 0.773. The molecule has 1 aliphatic rings. The maximum absolute atomic E-state index is 11.6. The lowest BCUT2D eigenvalue weighted by atomic mass is 10.1. The summed E-state index contributed by atoms with van der Waals surface area (Å²) in [6.07, 6.45) is 1.74. The Bertz CT molecular complexity index is 199. The van der Waals surface area contributed by atoms with Crippen LogP contribution in [0.5, 0.6) is 0 Å². The van der Waals surface area contributed by atoms with Crippen molar-refractivity contribution in [2.75, 3.05) is 32.0 Å². The van der Waals surface area contributed by atoms with Crippen LogP contribution in [0.3, 0.4) is 0 Å². The molecule has 0 bridgehead atoms. The molecule has 1 rings (SSSR count). The van der Waals surface area contributed by atoms with Gasteiger partial charge in [-0.3, -0.25) is 9.69 Å². The summed E-state index contributed by atoms with van der Waals surface area (Å²) in [5.74, 6) is 0.286. The molecule has 4 heteroatoms. The van der Waals surface area contributed by atoms with Gasteiger partial charge in [0.25, 0.3) is 0 Å². The number of nitrogens with zero attached hydrogens (tertiary/aromatic N) is 2. The number of carbonyl (C=O) groups excluding carboxylic acids is 1. The van der Waals surface area contributed by atoms with E-state index in [0.717, 1.165) is 31.4 Å².